The zero-order chi connectivity index (χ0) is 25.2. The summed E-state index contributed by atoms with van der Waals surface area (Å²) in [6.07, 6.45) is 0. The van der Waals surface area contributed by atoms with E-state index in [4.69, 9.17) is 19.4 Å². The predicted octanol–water partition coefficient (Wildman–Crippen LogP) is 6.40. The van der Waals surface area contributed by atoms with Crippen molar-refractivity contribution >= 4 is 53.4 Å². The molecule has 37 heavy (non-hydrogen) atoms. The Balaban J connectivity index is 1.32. The highest BCUT2D eigenvalue weighted by atomic mass is 32.1. The Kier molecular flexibility index (Phi) is 6.82. The van der Waals surface area contributed by atoms with Crippen LogP contribution < -0.4 is 19.3 Å². The third-order valence-electron chi connectivity index (χ3n) is 6.19. The molecular formula is C28H29N5O2S2. The molecule has 0 N–H and O–H groups in total. The first-order chi connectivity index (χ1) is 18.2. The monoisotopic (exact) mass is 531 g/mol. The van der Waals surface area contributed by atoms with Gasteiger partial charge in [0, 0.05) is 6.54 Å². The summed E-state index contributed by atoms with van der Waals surface area (Å²) in [7, 11) is 0. The summed E-state index contributed by atoms with van der Waals surface area (Å²) >= 11 is 3.42. The minimum absolute atomic E-state index is 0.654. The summed E-state index contributed by atoms with van der Waals surface area (Å²) in [6.45, 7) is 8.49. The van der Waals surface area contributed by atoms with Crippen molar-refractivity contribution < 1.29 is 9.47 Å². The van der Waals surface area contributed by atoms with Gasteiger partial charge in [0.1, 0.15) is 11.5 Å². The van der Waals surface area contributed by atoms with Gasteiger partial charge < -0.3 is 19.3 Å². The molecule has 9 heteroatoms. The van der Waals surface area contributed by atoms with Crippen LogP contribution in [0.5, 0.6) is 11.5 Å². The lowest BCUT2D eigenvalue weighted by molar-refractivity contribution is 0.234. The average Bonchev–Trinajstić information content (AvgIpc) is 3.53. The molecule has 1 fully saturated rings. The predicted molar refractivity (Wildman–Crippen MR) is 153 cm³/mol. The van der Waals surface area contributed by atoms with Crippen molar-refractivity contribution in [1.82, 2.24) is 14.9 Å². The molecule has 3 heterocycles. The second-order valence-corrected chi connectivity index (χ2v) is 11.0. The van der Waals surface area contributed by atoms with Crippen LogP contribution in [0.1, 0.15) is 19.4 Å². The van der Waals surface area contributed by atoms with Gasteiger partial charge in [0.05, 0.1) is 53.7 Å². The molecular weight excluding hydrogens is 502 g/mol. The van der Waals surface area contributed by atoms with Gasteiger partial charge in [0.2, 0.25) is 0 Å². The normalized spacial score (nSPS) is 14.5. The lowest BCUT2D eigenvalue weighted by atomic mass is 10.2. The van der Waals surface area contributed by atoms with Crippen LogP contribution in [-0.4, -0.2) is 48.1 Å². The Labute approximate surface area is 224 Å². The van der Waals surface area contributed by atoms with Crippen molar-refractivity contribution in [3.8, 4) is 11.5 Å². The van der Waals surface area contributed by atoms with E-state index in [1.165, 1.54) is 5.56 Å². The Bertz CT molecular complexity index is 1410. The highest BCUT2D eigenvalue weighted by Gasteiger charge is 2.28. The number of benzene rings is 3. The SMILES string of the molecule is CCOc1ccc2nc(N3CN(Cc4ccccc4)CN(c4nc5ccc(OCC)cc5s4)C3)sc2c1. The van der Waals surface area contributed by atoms with Crippen LogP contribution in [-0.2, 0) is 6.54 Å². The number of nitrogens with zero attached hydrogens (tertiary/aromatic N) is 5. The van der Waals surface area contributed by atoms with Crippen LogP contribution in [0, 0.1) is 0 Å². The summed E-state index contributed by atoms with van der Waals surface area (Å²) in [4.78, 5) is 17.1. The van der Waals surface area contributed by atoms with Gasteiger partial charge in [-0.25, -0.2) is 9.97 Å². The topological polar surface area (TPSA) is 54.0 Å². The summed E-state index contributed by atoms with van der Waals surface area (Å²) in [6, 6.07) is 22.9. The van der Waals surface area contributed by atoms with E-state index in [1.54, 1.807) is 22.7 Å². The molecule has 0 unspecified atom stereocenters. The first-order valence-corrected chi connectivity index (χ1v) is 14.1. The van der Waals surface area contributed by atoms with Crippen molar-refractivity contribution in [3.63, 3.8) is 0 Å². The number of anilines is 2. The molecule has 5 aromatic rings. The van der Waals surface area contributed by atoms with Crippen LogP contribution in [0.25, 0.3) is 20.4 Å². The Morgan fingerprint density at radius 2 is 1.24 bits per heavy atom. The molecule has 1 aliphatic rings. The quantitative estimate of drug-likeness (QED) is 0.229. The summed E-state index contributed by atoms with van der Waals surface area (Å²) < 4.78 is 13.7. The third-order valence-corrected chi connectivity index (χ3v) is 8.35. The first kappa shape index (κ1) is 24.0. The second-order valence-electron chi connectivity index (χ2n) is 8.94. The number of hydrogen-bond donors (Lipinski definition) is 0. The highest BCUT2D eigenvalue weighted by Crippen LogP contribution is 2.36. The lowest BCUT2D eigenvalue weighted by Gasteiger charge is -2.42. The Morgan fingerprint density at radius 1 is 0.703 bits per heavy atom. The third kappa shape index (κ3) is 5.20. The molecule has 0 aliphatic carbocycles. The minimum atomic E-state index is 0.654. The number of ether oxygens (including phenoxy) is 2. The van der Waals surface area contributed by atoms with E-state index in [0.717, 1.165) is 68.7 Å². The van der Waals surface area contributed by atoms with E-state index in [1.807, 2.05) is 38.1 Å². The van der Waals surface area contributed by atoms with Crippen molar-refractivity contribution in [3.05, 3.63) is 72.3 Å². The van der Waals surface area contributed by atoms with Gasteiger partial charge in [-0.2, -0.15) is 0 Å². The molecule has 0 amide bonds. The van der Waals surface area contributed by atoms with Crippen molar-refractivity contribution in [2.24, 2.45) is 0 Å². The molecule has 6 rings (SSSR count). The largest absolute Gasteiger partial charge is 0.494 e. The van der Waals surface area contributed by atoms with Gasteiger partial charge in [-0.15, -0.1) is 0 Å². The molecule has 0 bridgehead atoms. The molecule has 2 aromatic heterocycles. The molecule has 3 aromatic carbocycles. The van der Waals surface area contributed by atoms with Gasteiger partial charge in [-0.1, -0.05) is 53.0 Å². The van der Waals surface area contributed by atoms with Gasteiger partial charge >= 0.3 is 0 Å². The van der Waals surface area contributed by atoms with Crippen LogP contribution in [0.2, 0.25) is 0 Å². The van der Waals surface area contributed by atoms with Crippen molar-refractivity contribution in [2.75, 3.05) is 43.0 Å². The van der Waals surface area contributed by atoms with Gasteiger partial charge in [-0.3, -0.25) is 4.90 Å². The fourth-order valence-corrected chi connectivity index (χ4v) is 6.53. The minimum Gasteiger partial charge on any atom is -0.494 e. The number of hydrogen-bond acceptors (Lipinski definition) is 9. The fourth-order valence-electron chi connectivity index (χ4n) is 4.58. The average molecular weight is 532 g/mol. The van der Waals surface area contributed by atoms with E-state index in [-0.39, 0.29) is 0 Å². The second kappa shape index (κ2) is 10.5. The first-order valence-electron chi connectivity index (χ1n) is 12.5. The van der Waals surface area contributed by atoms with E-state index < -0.39 is 0 Å². The molecule has 0 saturated carbocycles. The van der Waals surface area contributed by atoms with E-state index >= 15 is 0 Å². The molecule has 0 radical (unpaired) electrons. The van der Waals surface area contributed by atoms with E-state index in [0.29, 0.717) is 13.2 Å². The molecule has 0 atom stereocenters. The van der Waals surface area contributed by atoms with E-state index in [2.05, 4.69) is 57.2 Å². The smallest absolute Gasteiger partial charge is 0.188 e. The zero-order valence-electron chi connectivity index (χ0n) is 21.0. The van der Waals surface area contributed by atoms with Crippen LogP contribution in [0.4, 0.5) is 10.3 Å². The molecule has 1 saturated heterocycles. The zero-order valence-corrected chi connectivity index (χ0v) is 22.6. The Hall–Kier alpha value is -3.40. The van der Waals surface area contributed by atoms with Gasteiger partial charge in [-0.05, 0) is 55.8 Å². The molecule has 190 valence electrons. The number of fused-ring (bicyclic) bond motifs is 2. The van der Waals surface area contributed by atoms with Crippen LogP contribution in [0.3, 0.4) is 0 Å². The molecule has 7 nitrogen and oxygen atoms in total. The summed E-state index contributed by atoms with van der Waals surface area (Å²) in [5, 5.41) is 2.01. The van der Waals surface area contributed by atoms with Gasteiger partial charge in [0.15, 0.2) is 10.3 Å². The van der Waals surface area contributed by atoms with Crippen LogP contribution >= 0.6 is 22.7 Å². The number of thiazole rings is 2. The maximum Gasteiger partial charge on any atom is 0.188 e. The number of aromatic nitrogens is 2. The standard InChI is InChI=1S/C28H29N5O2S2/c1-3-34-21-10-12-23-25(14-21)36-27(29-23)32-17-31(16-20-8-6-5-7-9-20)18-33(19-32)28-30-24-13-11-22(35-4-2)15-26(24)37-28/h5-15H,3-4,16-19H2,1-2H3. The fraction of sp³-hybridized carbons (Fsp3) is 0.286. The lowest BCUT2D eigenvalue weighted by Crippen LogP contribution is -2.55. The summed E-state index contributed by atoms with van der Waals surface area (Å²) in [5.74, 6) is 1.77. The molecule has 0 spiro atoms. The van der Waals surface area contributed by atoms with Crippen LogP contribution in [0.15, 0.2) is 66.7 Å². The maximum atomic E-state index is 5.71. The van der Waals surface area contributed by atoms with Gasteiger partial charge in [0.25, 0.3) is 0 Å². The van der Waals surface area contributed by atoms with E-state index in [9.17, 15) is 0 Å². The maximum absolute atomic E-state index is 5.71. The number of rotatable bonds is 8. The molecule has 1 aliphatic heterocycles. The van der Waals surface area contributed by atoms with Crippen molar-refractivity contribution in [1.29, 1.82) is 0 Å². The Morgan fingerprint density at radius 3 is 1.76 bits per heavy atom. The summed E-state index contributed by atoms with van der Waals surface area (Å²) in [5.41, 5.74) is 3.29. The highest BCUT2D eigenvalue weighted by molar-refractivity contribution is 7.22. The van der Waals surface area contributed by atoms with Crippen molar-refractivity contribution in [2.45, 2.75) is 20.4 Å².